The maximum absolute atomic E-state index is 12.9. The molecule has 1 atom stereocenters. The zero-order valence-electron chi connectivity index (χ0n) is 9.76. The Morgan fingerprint density at radius 2 is 2.19 bits per heavy atom. The van der Waals surface area contributed by atoms with Crippen molar-refractivity contribution in [3.05, 3.63) is 29.6 Å². The standard InChI is InChI=1S/C13H18FNO/c1-13(2)6-10(13)8-15-7-9-5-11(14)3-4-12(9)16/h3-5,10,15-16H,6-8H2,1-2H3. The molecule has 16 heavy (non-hydrogen) atoms. The second kappa shape index (κ2) is 4.06. The van der Waals surface area contributed by atoms with E-state index in [0.29, 0.717) is 23.4 Å². The fraction of sp³-hybridized carbons (Fsp3) is 0.538. The van der Waals surface area contributed by atoms with Crippen molar-refractivity contribution in [1.29, 1.82) is 0 Å². The van der Waals surface area contributed by atoms with Gasteiger partial charge in [-0.1, -0.05) is 13.8 Å². The monoisotopic (exact) mass is 223 g/mol. The first-order chi connectivity index (χ1) is 7.49. The summed E-state index contributed by atoms with van der Waals surface area (Å²) in [6, 6.07) is 4.04. The molecule has 88 valence electrons. The molecule has 2 rings (SSSR count). The lowest BCUT2D eigenvalue weighted by Gasteiger charge is -2.08. The molecule has 1 saturated carbocycles. The Hall–Kier alpha value is -1.09. The fourth-order valence-corrected chi connectivity index (χ4v) is 2.00. The molecule has 1 unspecified atom stereocenters. The molecule has 0 amide bonds. The molecule has 1 aliphatic rings. The van der Waals surface area contributed by atoms with Gasteiger partial charge in [0.1, 0.15) is 11.6 Å². The molecule has 0 spiro atoms. The van der Waals surface area contributed by atoms with Crippen LogP contribution in [0.1, 0.15) is 25.8 Å². The Morgan fingerprint density at radius 1 is 1.50 bits per heavy atom. The van der Waals surface area contributed by atoms with Crippen molar-refractivity contribution in [2.75, 3.05) is 6.54 Å². The maximum atomic E-state index is 12.9. The summed E-state index contributed by atoms with van der Waals surface area (Å²) in [5, 5.41) is 12.8. The second-order valence-corrected chi connectivity index (χ2v) is 5.29. The van der Waals surface area contributed by atoms with Gasteiger partial charge in [0.2, 0.25) is 0 Å². The summed E-state index contributed by atoms with van der Waals surface area (Å²) in [5.41, 5.74) is 1.08. The lowest BCUT2D eigenvalue weighted by atomic mass is 10.1. The first kappa shape index (κ1) is 11.4. The summed E-state index contributed by atoms with van der Waals surface area (Å²) >= 11 is 0. The lowest BCUT2D eigenvalue weighted by molar-refractivity contribution is 0.458. The third-order valence-electron chi connectivity index (χ3n) is 3.47. The smallest absolute Gasteiger partial charge is 0.123 e. The van der Waals surface area contributed by atoms with E-state index in [1.54, 1.807) is 0 Å². The second-order valence-electron chi connectivity index (χ2n) is 5.29. The third kappa shape index (κ3) is 2.53. The van der Waals surface area contributed by atoms with Crippen LogP contribution >= 0.6 is 0 Å². The van der Waals surface area contributed by atoms with Crippen molar-refractivity contribution in [3.8, 4) is 5.75 Å². The van der Waals surface area contributed by atoms with Gasteiger partial charge in [0.15, 0.2) is 0 Å². The van der Waals surface area contributed by atoms with Gasteiger partial charge in [-0.05, 0) is 42.5 Å². The fourth-order valence-electron chi connectivity index (χ4n) is 2.00. The van der Waals surface area contributed by atoms with Crippen LogP contribution in [0.25, 0.3) is 0 Å². The number of halogens is 1. The molecule has 3 heteroatoms. The molecule has 0 saturated heterocycles. The molecular formula is C13H18FNO. The minimum Gasteiger partial charge on any atom is -0.508 e. The minimum atomic E-state index is -0.304. The van der Waals surface area contributed by atoms with E-state index in [1.165, 1.54) is 24.6 Å². The van der Waals surface area contributed by atoms with Crippen LogP contribution in [0, 0.1) is 17.2 Å². The average Bonchev–Trinajstić information content (AvgIpc) is 2.80. The molecule has 0 aliphatic heterocycles. The zero-order valence-corrected chi connectivity index (χ0v) is 9.76. The highest BCUT2D eigenvalue weighted by atomic mass is 19.1. The largest absolute Gasteiger partial charge is 0.508 e. The topological polar surface area (TPSA) is 32.3 Å². The summed E-state index contributed by atoms with van der Waals surface area (Å²) in [6.07, 6.45) is 1.25. The van der Waals surface area contributed by atoms with Gasteiger partial charge in [-0.25, -0.2) is 4.39 Å². The van der Waals surface area contributed by atoms with Gasteiger partial charge in [-0.3, -0.25) is 0 Å². The molecule has 2 nitrogen and oxygen atoms in total. The van der Waals surface area contributed by atoms with Crippen LogP contribution in [0.5, 0.6) is 5.75 Å². The van der Waals surface area contributed by atoms with E-state index in [2.05, 4.69) is 19.2 Å². The number of hydrogen-bond acceptors (Lipinski definition) is 2. The van der Waals surface area contributed by atoms with Crippen LogP contribution in [0.15, 0.2) is 18.2 Å². The van der Waals surface area contributed by atoms with Gasteiger partial charge in [0.25, 0.3) is 0 Å². The van der Waals surface area contributed by atoms with E-state index in [4.69, 9.17) is 0 Å². The Bertz CT molecular complexity index is 390. The van der Waals surface area contributed by atoms with Crippen molar-refractivity contribution in [1.82, 2.24) is 5.32 Å². The van der Waals surface area contributed by atoms with E-state index < -0.39 is 0 Å². The molecular weight excluding hydrogens is 205 g/mol. The zero-order chi connectivity index (χ0) is 11.8. The summed E-state index contributed by atoms with van der Waals surface area (Å²) in [5.74, 6) is 0.563. The molecule has 1 aromatic carbocycles. The van der Waals surface area contributed by atoms with E-state index in [-0.39, 0.29) is 11.6 Å². The van der Waals surface area contributed by atoms with Crippen molar-refractivity contribution >= 4 is 0 Å². The van der Waals surface area contributed by atoms with Gasteiger partial charge >= 0.3 is 0 Å². The molecule has 0 radical (unpaired) electrons. The van der Waals surface area contributed by atoms with Crippen LogP contribution < -0.4 is 5.32 Å². The molecule has 0 aromatic heterocycles. The SMILES string of the molecule is CC1(C)CC1CNCc1cc(F)ccc1O. The van der Waals surface area contributed by atoms with Crippen molar-refractivity contribution in [3.63, 3.8) is 0 Å². The predicted octanol–water partition coefficient (Wildman–Crippen LogP) is 2.67. The highest BCUT2D eigenvalue weighted by Crippen LogP contribution is 2.50. The molecule has 1 aromatic rings. The number of nitrogens with one attached hydrogen (secondary N) is 1. The van der Waals surface area contributed by atoms with Gasteiger partial charge in [-0.15, -0.1) is 0 Å². The number of hydrogen-bond donors (Lipinski definition) is 2. The van der Waals surface area contributed by atoms with Crippen LogP contribution in [-0.2, 0) is 6.54 Å². The Morgan fingerprint density at radius 3 is 2.81 bits per heavy atom. The predicted molar refractivity (Wildman–Crippen MR) is 61.7 cm³/mol. The van der Waals surface area contributed by atoms with Gasteiger partial charge in [0.05, 0.1) is 0 Å². The maximum Gasteiger partial charge on any atom is 0.123 e. The van der Waals surface area contributed by atoms with E-state index >= 15 is 0 Å². The molecule has 1 fully saturated rings. The van der Waals surface area contributed by atoms with E-state index in [9.17, 15) is 9.50 Å². The number of phenolic OH excluding ortho intramolecular Hbond substituents is 1. The van der Waals surface area contributed by atoms with E-state index in [1.807, 2.05) is 0 Å². The summed E-state index contributed by atoms with van der Waals surface area (Å²) in [4.78, 5) is 0. The minimum absolute atomic E-state index is 0.156. The van der Waals surface area contributed by atoms with Crippen LogP contribution in [0.3, 0.4) is 0 Å². The highest BCUT2D eigenvalue weighted by Gasteiger charge is 2.44. The number of rotatable bonds is 4. The van der Waals surface area contributed by atoms with Crippen molar-refractivity contribution in [2.45, 2.75) is 26.8 Å². The van der Waals surface area contributed by atoms with Crippen LogP contribution in [0.2, 0.25) is 0 Å². The molecule has 2 N–H and O–H groups in total. The summed E-state index contributed by atoms with van der Waals surface area (Å²) in [7, 11) is 0. The molecule has 0 heterocycles. The molecule has 0 bridgehead atoms. The van der Waals surface area contributed by atoms with Crippen LogP contribution in [0.4, 0.5) is 4.39 Å². The number of aromatic hydroxyl groups is 1. The first-order valence-electron chi connectivity index (χ1n) is 5.67. The highest BCUT2D eigenvalue weighted by molar-refractivity contribution is 5.32. The number of benzene rings is 1. The average molecular weight is 223 g/mol. The summed E-state index contributed by atoms with van der Waals surface area (Å²) < 4.78 is 12.9. The van der Waals surface area contributed by atoms with Gasteiger partial charge < -0.3 is 10.4 Å². The third-order valence-corrected chi connectivity index (χ3v) is 3.47. The Kier molecular flexibility index (Phi) is 2.89. The van der Waals surface area contributed by atoms with Crippen LogP contribution in [-0.4, -0.2) is 11.7 Å². The van der Waals surface area contributed by atoms with Gasteiger partial charge in [-0.2, -0.15) is 0 Å². The van der Waals surface area contributed by atoms with Gasteiger partial charge in [0, 0.05) is 12.1 Å². The normalized spacial score (nSPS) is 22.1. The Balaban J connectivity index is 1.83. The quantitative estimate of drug-likeness (QED) is 0.822. The Labute approximate surface area is 95.5 Å². The van der Waals surface area contributed by atoms with E-state index in [0.717, 1.165) is 6.54 Å². The van der Waals surface area contributed by atoms with Crippen molar-refractivity contribution < 1.29 is 9.50 Å². The summed E-state index contributed by atoms with van der Waals surface area (Å²) in [6.45, 7) is 5.96. The first-order valence-corrected chi connectivity index (χ1v) is 5.67. The lowest BCUT2D eigenvalue weighted by Crippen LogP contribution is -2.18. The molecule has 1 aliphatic carbocycles. The number of phenols is 1. The van der Waals surface area contributed by atoms with Crippen molar-refractivity contribution in [2.24, 2.45) is 11.3 Å².